The number of nitrogens with one attached hydrogen (secondary N) is 3. The highest BCUT2D eigenvalue weighted by Gasteiger charge is 2.14. The average molecular weight is 427 g/mol. The van der Waals surface area contributed by atoms with Gasteiger partial charge in [-0.25, -0.2) is 15.0 Å². The largest absolute Gasteiger partial charge is 0.478 e. The molecule has 4 N–H and O–H groups in total. The molecule has 0 fully saturated rings. The first-order chi connectivity index (χ1) is 14.5. The minimum atomic E-state index is -1.07. The second kappa shape index (κ2) is 9.93. The Morgan fingerprint density at radius 1 is 1.23 bits per heavy atom. The highest BCUT2D eigenvalue weighted by molar-refractivity contribution is 6.36. The maximum atomic E-state index is 11.8. The highest BCUT2D eigenvalue weighted by atomic mass is 35.5. The molecule has 1 heterocycles. The molecule has 0 saturated carbocycles. The average Bonchev–Trinajstić information content (AvgIpc) is 3.13. The number of aromatic amines is 1. The fourth-order valence-electron chi connectivity index (χ4n) is 3.11. The predicted molar refractivity (Wildman–Crippen MR) is 119 cm³/mol. The molecule has 30 heavy (non-hydrogen) atoms. The molecule has 3 aromatic rings. The van der Waals surface area contributed by atoms with E-state index in [4.69, 9.17) is 11.6 Å². The molecule has 156 valence electrons. The van der Waals surface area contributed by atoms with Crippen molar-refractivity contribution in [3.8, 4) is 11.1 Å². The standard InChI is InChI=1S/C22H23ClN4O3/c1-2-3-4-10-24-22(30)27-26-13-15-12-25-19-9-8-14(11-18(15)19)16-6-5-7-17(20(16)23)21(28)29/h5-9,11-13,25H,2-4,10H2,1H3,(H,28,29)(H2,24,27,30)/b26-13+. The van der Waals surface area contributed by atoms with Crippen molar-refractivity contribution < 1.29 is 14.7 Å². The predicted octanol–water partition coefficient (Wildman–Crippen LogP) is 5.01. The Morgan fingerprint density at radius 3 is 2.83 bits per heavy atom. The third-order valence-electron chi connectivity index (χ3n) is 4.69. The number of fused-ring (bicyclic) bond motifs is 1. The van der Waals surface area contributed by atoms with Gasteiger partial charge in [0, 0.05) is 34.8 Å². The number of amides is 2. The van der Waals surface area contributed by atoms with Gasteiger partial charge in [0.15, 0.2) is 0 Å². The number of carbonyl (C=O) groups excluding carboxylic acids is 1. The van der Waals surface area contributed by atoms with Crippen molar-refractivity contribution >= 4 is 40.7 Å². The number of nitrogens with zero attached hydrogens (tertiary/aromatic N) is 1. The Hall–Kier alpha value is -3.32. The molecule has 7 nitrogen and oxygen atoms in total. The number of unbranched alkanes of at least 4 members (excludes halogenated alkanes) is 2. The van der Waals surface area contributed by atoms with Crippen LogP contribution in [-0.4, -0.2) is 34.9 Å². The summed E-state index contributed by atoms with van der Waals surface area (Å²) in [5.41, 5.74) is 5.59. The molecule has 0 saturated heterocycles. The topological polar surface area (TPSA) is 107 Å². The summed E-state index contributed by atoms with van der Waals surface area (Å²) in [6, 6.07) is 10.2. The van der Waals surface area contributed by atoms with Crippen molar-refractivity contribution in [1.82, 2.24) is 15.7 Å². The fourth-order valence-corrected chi connectivity index (χ4v) is 3.43. The fraction of sp³-hybridized carbons (Fsp3) is 0.227. The lowest BCUT2D eigenvalue weighted by atomic mass is 10.0. The van der Waals surface area contributed by atoms with Crippen LogP contribution in [0.1, 0.15) is 42.1 Å². The minimum Gasteiger partial charge on any atom is -0.478 e. The van der Waals surface area contributed by atoms with Crippen LogP contribution in [0.3, 0.4) is 0 Å². The second-order valence-electron chi connectivity index (χ2n) is 6.81. The molecule has 0 aliphatic carbocycles. The molecule has 1 aromatic heterocycles. The summed E-state index contributed by atoms with van der Waals surface area (Å²) < 4.78 is 0. The van der Waals surface area contributed by atoms with Crippen molar-refractivity contribution in [3.63, 3.8) is 0 Å². The number of halogens is 1. The Balaban J connectivity index is 1.78. The summed E-state index contributed by atoms with van der Waals surface area (Å²) in [4.78, 5) is 26.3. The van der Waals surface area contributed by atoms with Gasteiger partial charge in [-0.2, -0.15) is 5.10 Å². The monoisotopic (exact) mass is 426 g/mol. The molecule has 0 spiro atoms. The van der Waals surface area contributed by atoms with Crippen LogP contribution in [0.25, 0.3) is 22.0 Å². The number of hydrogen-bond acceptors (Lipinski definition) is 3. The van der Waals surface area contributed by atoms with Crippen LogP contribution in [0.5, 0.6) is 0 Å². The first kappa shape index (κ1) is 21.4. The molecule has 0 unspecified atom stereocenters. The number of hydrazone groups is 1. The quantitative estimate of drug-likeness (QED) is 0.231. The lowest BCUT2D eigenvalue weighted by molar-refractivity contribution is 0.0697. The van der Waals surface area contributed by atoms with Gasteiger partial charge in [0.05, 0.1) is 16.8 Å². The SMILES string of the molecule is CCCCCNC(=O)N/N=C/c1c[nH]c2ccc(-c3cccc(C(=O)O)c3Cl)cc12. The maximum absolute atomic E-state index is 11.8. The first-order valence-corrected chi connectivity index (χ1v) is 10.1. The van der Waals surface area contributed by atoms with Crippen LogP contribution in [0.15, 0.2) is 47.7 Å². The van der Waals surface area contributed by atoms with Gasteiger partial charge < -0.3 is 15.4 Å². The second-order valence-corrected chi connectivity index (χ2v) is 7.19. The van der Waals surface area contributed by atoms with E-state index in [2.05, 4.69) is 27.8 Å². The number of hydrogen-bond donors (Lipinski definition) is 4. The van der Waals surface area contributed by atoms with E-state index in [9.17, 15) is 14.7 Å². The molecule has 2 aromatic carbocycles. The molecule has 0 atom stereocenters. The van der Waals surface area contributed by atoms with E-state index in [-0.39, 0.29) is 16.6 Å². The number of H-pyrrole nitrogens is 1. The smallest absolute Gasteiger partial charge is 0.337 e. The Labute approximate surface area is 179 Å². The van der Waals surface area contributed by atoms with Crippen LogP contribution in [0.4, 0.5) is 4.79 Å². The number of urea groups is 1. The Kier molecular flexibility index (Phi) is 7.08. The van der Waals surface area contributed by atoms with E-state index < -0.39 is 5.97 Å². The van der Waals surface area contributed by atoms with Gasteiger partial charge in [-0.3, -0.25) is 0 Å². The summed E-state index contributed by atoms with van der Waals surface area (Å²) in [5, 5.41) is 17.1. The molecular formula is C22H23ClN4O3. The third-order valence-corrected chi connectivity index (χ3v) is 5.10. The van der Waals surface area contributed by atoms with E-state index >= 15 is 0 Å². The summed E-state index contributed by atoms with van der Waals surface area (Å²) >= 11 is 6.31. The van der Waals surface area contributed by atoms with E-state index in [0.717, 1.165) is 41.3 Å². The molecule has 0 aliphatic heterocycles. The lowest BCUT2D eigenvalue weighted by Crippen LogP contribution is -2.32. The number of carboxylic acid groups (broad SMARTS) is 1. The van der Waals surface area contributed by atoms with Crippen LogP contribution in [0.2, 0.25) is 5.02 Å². The molecule has 0 aliphatic rings. The number of carboxylic acids is 1. The Bertz CT molecular complexity index is 1090. The van der Waals surface area contributed by atoms with Gasteiger partial charge >= 0.3 is 12.0 Å². The molecule has 0 bridgehead atoms. The zero-order valence-corrected chi connectivity index (χ0v) is 17.3. The molecule has 3 rings (SSSR count). The molecular weight excluding hydrogens is 404 g/mol. The van der Waals surface area contributed by atoms with Gasteiger partial charge in [-0.1, -0.05) is 49.6 Å². The van der Waals surface area contributed by atoms with Gasteiger partial charge in [0.25, 0.3) is 0 Å². The normalized spacial score (nSPS) is 11.1. The highest BCUT2D eigenvalue weighted by Crippen LogP contribution is 2.33. The molecule has 0 radical (unpaired) electrons. The number of aromatic nitrogens is 1. The summed E-state index contributed by atoms with van der Waals surface area (Å²) in [6.45, 7) is 2.72. The van der Waals surface area contributed by atoms with Crippen LogP contribution in [0, 0.1) is 0 Å². The van der Waals surface area contributed by atoms with Gasteiger partial charge in [0.2, 0.25) is 0 Å². The van der Waals surface area contributed by atoms with Crippen LogP contribution >= 0.6 is 11.6 Å². The number of benzene rings is 2. The number of carbonyl (C=O) groups is 2. The lowest BCUT2D eigenvalue weighted by Gasteiger charge is -2.08. The first-order valence-electron chi connectivity index (χ1n) is 9.71. The van der Waals surface area contributed by atoms with Gasteiger partial charge in [0.1, 0.15) is 0 Å². The van der Waals surface area contributed by atoms with E-state index in [1.165, 1.54) is 6.07 Å². The van der Waals surface area contributed by atoms with Gasteiger partial charge in [-0.05, 0) is 30.2 Å². The van der Waals surface area contributed by atoms with Gasteiger partial charge in [-0.15, -0.1) is 0 Å². The van der Waals surface area contributed by atoms with E-state index in [1.807, 2.05) is 18.2 Å². The summed E-state index contributed by atoms with van der Waals surface area (Å²) in [6.07, 6.45) is 6.44. The van der Waals surface area contributed by atoms with Crippen molar-refractivity contribution in [3.05, 3.63) is 58.7 Å². The summed E-state index contributed by atoms with van der Waals surface area (Å²) in [5.74, 6) is -1.07. The zero-order chi connectivity index (χ0) is 21.5. The van der Waals surface area contributed by atoms with Crippen molar-refractivity contribution in [2.45, 2.75) is 26.2 Å². The minimum absolute atomic E-state index is 0.0549. The van der Waals surface area contributed by atoms with Crippen LogP contribution in [-0.2, 0) is 0 Å². The third kappa shape index (κ3) is 4.99. The summed E-state index contributed by atoms with van der Waals surface area (Å²) in [7, 11) is 0. The zero-order valence-electron chi connectivity index (χ0n) is 16.5. The number of rotatable bonds is 8. The van der Waals surface area contributed by atoms with E-state index in [0.29, 0.717) is 12.1 Å². The maximum Gasteiger partial charge on any atom is 0.337 e. The van der Waals surface area contributed by atoms with Crippen LogP contribution < -0.4 is 10.7 Å². The molecule has 8 heteroatoms. The van der Waals surface area contributed by atoms with Crippen molar-refractivity contribution in [1.29, 1.82) is 0 Å². The van der Waals surface area contributed by atoms with E-state index in [1.54, 1.807) is 24.5 Å². The van der Waals surface area contributed by atoms with Crippen molar-refractivity contribution in [2.24, 2.45) is 5.10 Å². The number of aromatic carboxylic acids is 1. The van der Waals surface area contributed by atoms with Crippen molar-refractivity contribution in [2.75, 3.05) is 6.54 Å². The Morgan fingerprint density at radius 2 is 2.07 bits per heavy atom. The molecule has 2 amide bonds.